The van der Waals surface area contributed by atoms with Crippen LogP contribution in [0, 0.1) is 0 Å². The fourth-order valence-electron chi connectivity index (χ4n) is 3.19. The lowest BCUT2D eigenvalue weighted by molar-refractivity contribution is -0.123. The van der Waals surface area contributed by atoms with Crippen LogP contribution in [0.2, 0.25) is 0 Å². The lowest BCUT2D eigenvalue weighted by atomic mass is 9.89. The van der Waals surface area contributed by atoms with E-state index < -0.39 is 5.54 Å². The zero-order valence-electron chi connectivity index (χ0n) is 13.6. The molecule has 7 heteroatoms. The molecule has 0 aromatic carbocycles. The molecule has 2 aromatic rings. The number of aromatic nitrogens is 3. The summed E-state index contributed by atoms with van der Waals surface area (Å²) in [5.41, 5.74) is 0.238. The predicted octanol–water partition coefficient (Wildman–Crippen LogP) is 3.12. The Kier molecular flexibility index (Phi) is 5.50. The summed E-state index contributed by atoms with van der Waals surface area (Å²) in [7, 11) is 0. The van der Waals surface area contributed by atoms with Gasteiger partial charge in [0.05, 0.1) is 5.56 Å². The second kappa shape index (κ2) is 7.79. The van der Waals surface area contributed by atoms with Crippen LogP contribution < -0.4 is 5.32 Å². The van der Waals surface area contributed by atoms with Gasteiger partial charge in [0.25, 0.3) is 5.89 Å². The summed E-state index contributed by atoms with van der Waals surface area (Å²) in [6.45, 7) is 0. The number of pyridine rings is 1. The van der Waals surface area contributed by atoms with Gasteiger partial charge in [0, 0.05) is 18.8 Å². The number of nitrogens with one attached hydrogen (secondary N) is 1. The Balaban J connectivity index is 1.90. The highest BCUT2D eigenvalue weighted by Crippen LogP contribution is 2.35. The fourth-order valence-corrected chi connectivity index (χ4v) is 3.40. The van der Waals surface area contributed by atoms with Gasteiger partial charge in [0.2, 0.25) is 5.91 Å². The Hall–Kier alpha value is -1.89. The average Bonchev–Trinajstić information content (AvgIpc) is 2.98. The normalized spacial score (nSPS) is 17.2. The van der Waals surface area contributed by atoms with Crippen molar-refractivity contribution in [2.45, 2.75) is 50.5 Å². The number of carbonyl (C=O) groups is 1. The van der Waals surface area contributed by atoms with E-state index in [4.69, 9.17) is 4.52 Å². The van der Waals surface area contributed by atoms with Crippen molar-refractivity contribution in [3.8, 4) is 11.5 Å². The summed E-state index contributed by atoms with van der Waals surface area (Å²) >= 11 is 4.15. The maximum absolute atomic E-state index is 12.2. The standard InChI is InChI=1S/C17H22N4O2S/c22-14(7-11-24)20-17(8-3-1-2-4-9-17)16-19-15(23-21-16)13-6-5-10-18-12-13/h5-6,10,12,24H,1-4,7-9,11H2,(H,20,22). The summed E-state index contributed by atoms with van der Waals surface area (Å²) in [5.74, 6) is 1.51. The highest BCUT2D eigenvalue weighted by molar-refractivity contribution is 7.80. The van der Waals surface area contributed by atoms with Gasteiger partial charge in [-0.3, -0.25) is 9.78 Å². The molecule has 2 heterocycles. The number of hydrogen-bond acceptors (Lipinski definition) is 6. The maximum atomic E-state index is 12.2. The summed E-state index contributed by atoms with van der Waals surface area (Å²) in [4.78, 5) is 20.9. The molecule has 0 radical (unpaired) electrons. The monoisotopic (exact) mass is 346 g/mol. The van der Waals surface area contributed by atoms with E-state index in [1.165, 1.54) is 0 Å². The van der Waals surface area contributed by atoms with Gasteiger partial charge in [-0.05, 0) is 30.7 Å². The third-order valence-electron chi connectivity index (χ3n) is 4.44. The van der Waals surface area contributed by atoms with Gasteiger partial charge in [0.1, 0.15) is 5.54 Å². The van der Waals surface area contributed by atoms with Gasteiger partial charge in [-0.1, -0.05) is 30.8 Å². The molecule has 1 saturated carbocycles. The molecule has 0 spiro atoms. The van der Waals surface area contributed by atoms with Crippen LogP contribution in [0.25, 0.3) is 11.5 Å². The van der Waals surface area contributed by atoms with Crippen LogP contribution in [0.3, 0.4) is 0 Å². The second-order valence-corrected chi connectivity index (χ2v) is 6.63. The van der Waals surface area contributed by atoms with Crippen LogP contribution in [-0.2, 0) is 10.3 Å². The number of rotatable bonds is 5. The van der Waals surface area contributed by atoms with Crippen molar-refractivity contribution in [2.24, 2.45) is 0 Å². The molecule has 1 amide bonds. The van der Waals surface area contributed by atoms with Crippen LogP contribution in [0.5, 0.6) is 0 Å². The Morgan fingerprint density at radius 2 is 2.08 bits per heavy atom. The third-order valence-corrected chi connectivity index (χ3v) is 4.66. The molecule has 1 aliphatic carbocycles. The molecule has 128 valence electrons. The number of thiol groups is 1. The van der Waals surface area contributed by atoms with Crippen molar-refractivity contribution in [3.05, 3.63) is 30.4 Å². The Morgan fingerprint density at radius 1 is 1.29 bits per heavy atom. The Bertz CT molecular complexity index is 666. The highest BCUT2D eigenvalue weighted by atomic mass is 32.1. The molecule has 24 heavy (non-hydrogen) atoms. The minimum absolute atomic E-state index is 0.0142. The maximum Gasteiger partial charge on any atom is 0.259 e. The van der Waals surface area contributed by atoms with E-state index >= 15 is 0 Å². The quantitative estimate of drug-likeness (QED) is 0.642. The first-order valence-corrected chi connectivity index (χ1v) is 9.03. The van der Waals surface area contributed by atoms with E-state index in [9.17, 15) is 4.79 Å². The molecule has 1 N–H and O–H groups in total. The molecule has 0 aliphatic heterocycles. The van der Waals surface area contributed by atoms with Crippen molar-refractivity contribution in [3.63, 3.8) is 0 Å². The summed E-state index contributed by atoms with van der Waals surface area (Å²) in [6.07, 6.45) is 9.85. The van der Waals surface area contributed by atoms with Crippen LogP contribution in [-0.4, -0.2) is 26.8 Å². The molecule has 0 saturated heterocycles. The molecule has 0 bridgehead atoms. The van der Waals surface area contributed by atoms with Crippen molar-refractivity contribution in [2.75, 3.05) is 5.75 Å². The number of hydrogen-bond donors (Lipinski definition) is 2. The van der Waals surface area contributed by atoms with E-state index in [1.54, 1.807) is 12.4 Å². The SMILES string of the molecule is O=C(CCS)NC1(c2noc(-c3cccnc3)n2)CCCCCC1. The van der Waals surface area contributed by atoms with Crippen molar-refractivity contribution < 1.29 is 9.32 Å². The molecular weight excluding hydrogens is 324 g/mol. The first-order valence-electron chi connectivity index (χ1n) is 8.40. The highest BCUT2D eigenvalue weighted by Gasteiger charge is 2.38. The van der Waals surface area contributed by atoms with Gasteiger partial charge in [-0.15, -0.1) is 0 Å². The Morgan fingerprint density at radius 3 is 2.75 bits per heavy atom. The van der Waals surface area contributed by atoms with E-state index in [2.05, 4.69) is 33.1 Å². The molecule has 1 aliphatic rings. The van der Waals surface area contributed by atoms with Gasteiger partial charge in [-0.2, -0.15) is 17.6 Å². The van der Waals surface area contributed by atoms with Crippen LogP contribution in [0.15, 0.2) is 29.0 Å². The average molecular weight is 346 g/mol. The molecule has 2 aromatic heterocycles. The van der Waals surface area contributed by atoms with E-state index in [-0.39, 0.29) is 5.91 Å². The summed E-state index contributed by atoms with van der Waals surface area (Å²) < 4.78 is 5.44. The minimum atomic E-state index is -0.541. The van der Waals surface area contributed by atoms with Crippen molar-refractivity contribution in [1.29, 1.82) is 0 Å². The zero-order valence-corrected chi connectivity index (χ0v) is 14.5. The number of amides is 1. The molecule has 3 rings (SSSR count). The first-order chi connectivity index (χ1) is 11.7. The van der Waals surface area contributed by atoms with E-state index in [0.717, 1.165) is 44.1 Å². The van der Waals surface area contributed by atoms with Gasteiger partial charge in [-0.25, -0.2) is 0 Å². The molecule has 6 nitrogen and oxygen atoms in total. The molecule has 0 unspecified atom stereocenters. The van der Waals surface area contributed by atoms with Crippen molar-refractivity contribution in [1.82, 2.24) is 20.4 Å². The molecule has 0 atom stereocenters. The van der Waals surface area contributed by atoms with Crippen LogP contribution in [0.4, 0.5) is 0 Å². The van der Waals surface area contributed by atoms with E-state index in [0.29, 0.717) is 23.9 Å². The largest absolute Gasteiger partial charge is 0.343 e. The number of carbonyl (C=O) groups excluding carboxylic acids is 1. The second-order valence-electron chi connectivity index (χ2n) is 6.18. The summed E-state index contributed by atoms with van der Waals surface area (Å²) in [6, 6.07) is 3.71. The van der Waals surface area contributed by atoms with Gasteiger partial charge >= 0.3 is 0 Å². The number of nitrogens with zero attached hydrogens (tertiary/aromatic N) is 3. The molecule has 1 fully saturated rings. The molecular formula is C17H22N4O2S. The lowest BCUT2D eigenvalue weighted by Crippen LogP contribution is -2.46. The Labute approximate surface area is 146 Å². The lowest BCUT2D eigenvalue weighted by Gasteiger charge is -2.30. The van der Waals surface area contributed by atoms with E-state index in [1.807, 2.05) is 12.1 Å². The zero-order chi connectivity index (χ0) is 16.8. The van der Waals surface area contributed by atoms with Crippen LogP contribution in [0.1, 0.15) is 50.8 Å². The predicted molar refractivity (Wildman–Crippen MR) is 93.5 cm³/mol. The minimum Gasteiger partial charge on any atom is -0.343 e. The van der Waals surface area contributed by atoms with Gasteiger partial charge in [0.15, 0.2) is 5.82 Å². The van der Waals surface area contributed by atoms with Gasteiger partial charge < -0.3 is 9.84 Å². The van der Waals surface area contributed by atoms with Crippen molar-refractivity contribution >= 4 is 18.5 Å². The summed E-state index contributed by atoms with van der Waals surface area (Å²) in [5, 5.41) is 7.36. The first kappa shape index (κ1) is 17.0. The van der Waals surface area contributed by atoms with Crippen LogP contribution >= 0.6 is 12.6 Å². The topological polar surface area (TPSA) is 80.9 Å². The third kappa shape index (κ3) is 3.77. The fraction of sp³-hybridized carbons (Fsp3) is 0.529. The smallest absolute Gasteiger partial charge is 0.259 e.